The van der Waals surface area contributed by atoms with Gasteiger partial charge in [-0.2, -0.15) is 10.2 Å². The molecule has 6 heteroatoms. The number of carbonyl (C=O) groups is 1. The van der Waals surface area contributed by atoms with Gasteiger partial charge in [-0.25, -0.2) is 4.79 Å². The van der Waals surface area contributed by atoms with E-state index in [4.69, 9.17) is 5.11 Å². The van der Waals surface area contributed by atoms with Gasteiger partial charge in [0.1, 0.15) is 11.7 Å². The van der Waals surface area contributed by atoms with E-state index in [1.54, 1.807) is 12.1 Å². The number of azo groups is 1. The van der Waals surface area contributed by atoms with Crippen LogP contribution in [0.4, 0.5) is 5.69 Å². The van der Waals surface area contributed by atoms with Gasteiger partial charge < -0.3 is 5.11 Å². The Morgan fingerprint density at radius 3 is 2.19 bits per heavy atom. The van der Waals surface area contributed by atoms with Crippen LogP contribution in [0.1, 0.15) is 10.4 Å². The summed E-state index contributed by atoms with van der Waals surface area (Å²) in [5.41, 5.74) is 0.523. The molecule has 0 fully saturated rings. The molecule has 3 N–H and O–H groups in total. The molecule has 1 aliphatic rings. The van der Waals surface area contributed by atoms with Crippen LogP contribution in [-0.4, -0.2) is 36.9 Å². The summed E-state index contributed by atoms with van der Waals surface area (Å²) in [6.07, 6.45) is 7.87. The number of hydrogen-bond donors (Lipinski definition) is 3. The summed E-state index contributed by atoms with van der Waals surface area (Å²) in [5.74, 6) is -0.952. The van der Waals surface area contributed by atoms with Gasteiger partial charge in [0.2, 0.25) is 0 Å². The average Bonchev–Trinajstić information content (AvgIpc) is 2.54. The Kier molecular flexibility index (Phi) is 4.62. The molecule has 6 nitrogen and oxygen atoms in total. The molecule has 0 aromatic heterocycles. The largest absolute Gasteiger partial charge is 0.478 e. The molecule has 2 rings (SSSR count). The highest BCUT2D eigenvalue weighted by atomic mass is 16.4. The highest BCUT2D eigenvalue weighted by molar-refractivity contribution is 5.87. The summed E-state index contributed by atoms with van der Waals surface area (Å²) in [4.78, 5) is 10.8. The van der Waals surface area contributed by atoms with E-state index in [0.717, 1.165) is 0 Å². The smallest absolute Gasteiger partial charge is 0.335 e. The third-order valence-corrected chi connectivity index (χ3v) is 3.36. The molecule has 0 heterocycles. The first-order valence-corrected chi connectivity index (χ1v) is 6.59. The van der Waals surface area contributed by atoms with Crippen molar-refractivity contribution in [2.24, 2.45) is 10.2 Å². The minimum Gasteiger partial charge on any atom is -0.478 e. The zero-order valence-electron chi connectivity index (χ0n) is 11.9. The van der Waals surface area contributed by atoms with Crippen LogP contribution in [0.5, 0.6) is 0 Å². The van der Waals surface area contributed by atoms with Crippen molar-refractivity contribution < 1.29 is 9.90 Å². The molecule has 0 saturated carbocycles. The van der Waals surface area contributed by atoms with E-state index in [9.17, 15) is 4.79 Å². The fourth-order valence-corrected chi connectivity index (χ4v) is 1.96. The molecule has 0 bridgehead atoms. The van der Waals surface area contributed by atoms with E-state index >= 15 is 0 Å². The minimum absolute atomic E-state index is 0.126. The Morgan fingerprint density at radius 1 is 1.14 bits per heavy atom. The van der Waals surface area contributed by atoms with Crippen molar-refractivity contribution >= 4 is 11.7 Å². The molecule has 1 aromatic rings. The molecule has 0 spiro atoms. The molecule has 0 aliphatic heterocycles. The maximum atomic E-state index is 10.8. The van der Waals surface area contributed by atoms with Gasteiger partial charge in [-0.3, -0.25) is 10.6 Å². The predicted molar refractivity (Wildman–Crippen MR) is 80.8 cm³/mol. The van der Waals surface area contributed by atoms with Crippen molar-refractivity contribution in [1.29, 1.82) is 0 Å². The van der Waals surface area contributed by atoms with Crippen LogP contribution in [0.3, 0.4) is 0 Å². The highest BCUT2D eigenvalue weighted by Gasteiger charge is 2.22. The Hall–Kier alpha value is -2.31. The summed E-state index contributed by atoms with van der Waals surface area (Å²) in [5, 5.41) is 23.5. The number of hydrogen-bond acceptors (Lipinski definition) is 5. The Balaban J connectivity index is 2.03. The number of carboxylic acids is 1. The SMILES string of the molecule is CNC1(NC)C=CC(N=Nc2ccc(C(=O)O)cc2)C=C1. The predicted octanol–water partition coefficient (Wildman–Crippen LogP) is 2.10. The van der Waals surface area contributed by atoms with Crippen LogP contribution in [-0.2, 0) is 0 Å². The molecule has 0 radical (unpaired) electrons. The second kappa shape index (κ2) is 6.43. The number of aromatic carboxylic acids is 1. The first kappa shape index (κ1) is 15.1. The van der Waals surface area contributed by atoms with Gasteiger partial charge in [-0.15, -0.1) is 0 Å². The van der Waals surface area contributed by atoms with E-state index in [1.165, 1.54) is 12.1 Å². The van der Waals surface area contributed by atoms with Crippen molar-refractivity contribution in [2.75, 3.05) is 14.1 Å². The summed E-state index contributed by atoms with van der Waals surface area (Å²) < 4.78 is 0. The Labute approximate surface area is 123 Å². The second-order valence-electron chi connectivity index (χ2n) is 4.65. The van der Waals surface area contributed by atoms with E-state index in [-0.39, 0.29) is 17.3 Å². The molecule has 0 unspecified atom stereocenters. The van der Waals surface area contributed by atoms with Crippen molar-refractivity contribution in [3.05, 3.63) is 54.1 Å². The molecule has 110 valence electrons. The van der Waals surface area contributed by atoms with Crippen LogP contribution in [0.15, 0.2) is 58.8 Å². The number of nitrogens with one attached hydrogen (secondary N) is 2. The zero-order chi connectivity index (χ0) is 15.3. The molecule has 0 saturated heterocycles. The van der Waals surface area contributed by atoms with E-state index < -0.39 is 5.97 Å². The molecular weight excluding hydrogens is 268 g/mol. The fraction of sp³-hybridized carbons (Fsp3) is 0.267. The van der Waals surface area contributed by atoms with Gasteiger partial charge in [0.05, 0.1) is 11.3 Å². The van der Waals surface area contributed by atoms with Gasteiger partial charge >= 0.3 is 5.97 Å². The lowest BCUT2D eigenvalue weighted by atomic mass is 10.0. The monoisotopic (exact) mass is 286 g/mol. The minimum atomic E-state index is -0.952. The molecule has 0 atom stereocenters. The topological polar surface area (TPSA) is 86.1 Å². The molecule has 0 amide bonds. The number of carboxylic acid groups (broad SMARTS) is 1. The van der Waals surface area contributed by atoms with E-state index in [0.29, 0.717) is 5.69 Å². The van der Waals surface area contributed by atoms with Crippen LogP contribution < -0.4 is 10.6 Å². The molecule has 1 aromatic carbocycles. The lowest BCUT2D eigenvalue weighted by molar-refractivity contribution is 0.0697. The van der Waals surface area contributed by atoms with Crippen molar-refractivity contribution in [2.45, 2.75) is 11.7 Å². The van der Waals surface area contributed by atoms with Gasteiger partial charge in [-0.05, 0) is 50.5 Å². The number of benzene rings is 1. The number of likely N-dealkylation sites (N-methyl/N-ethyl adjacent to an activating group) is 2. The van der Waals surface area contributed by atoms with E-state index in [1.807, 2.05) is 38.4 Å². The first-order chi connectivity index (χ1) is 10.1. The third kappa shape index (κ3) is 3.62. The summed E-state index contributed by atoms with van der Waals surface area (Å²) in [6, 6.07) is 6.16. The Bertz CT molecular complexity index is 570. The van der Waals surface area contributed by atoms with Crippen molar-refractivity contribution in [3.8, 4) is 0 Å². The Morgan fingerprint density at radius 2 is 1.71 bits per heavy atom. The maximum absolute atomic E-state index is 10.8. The van der Waals surface area contributed by atoms with Crippen molar-refractivity contribution in [1.82, 2.24) is 10.6 Å². The first-order valence-electron chi connectivity index (χ1n) is 6.59. The van der Waals surface area contributed by atoms with Crippen molar-refractivity contribution in [3.63, 3.8) is 0 Å². The van der Waals surface area contributed by atoms with Gasteiger partial charge in [0, 0.05) is 0 Å². The maximum Gasteiger partial charge on any atom is 0.335 e. The standard InChI is InChI=1S/C15H18N4O2/c1-16-15(17-2)9-7-13(8-10-15)19-18-12-5-3-11(4-6-12)14(20)21/h3-10,13,16-17H,1-2H3,(H,20,21). The quantitative estimate of drug-likeness (QED) is 0.439. The van der Waals surface area contributed by atoms with Gasteiger partial charge in [-0.1, -0.05) is 12.2 Å². The second-order valence-corrected chi connectivity index (χ2v) is 4.65. The highest BCUT2D eigenvalue weighted by Crippen LogP contribution is 2.18. The zero-order valence-corrected chi connectivity index (χ0v) is 11.9. The number of nitrogens with zero attached hydrogens (tertiary/aromatic N) is 2. The normalized spacial score (nSPS) is 17.4. The molecule has 21 heavy (non-hydrogen) atoms. The molecule has 1 aliphatic carbocycles. The summed E-state index contributed by atoms with van der Waals surface area (Å²) in [7, 11) is 3.74. The van der Waals surface area contributed by atoms with Gasteiger partial charge in [0.15, 0.2) is 0 Å². The van der Waals surface area contributed by atoms with E-state index in [2.05, 4.69) is 20.9 Å². The fourth-order valence-electron chi connectivity index (χ4n) is 1.96. The van der Waals surface area contributed by atoms with Crippen LogP contribution >= 0.6 is 0 Å². The molecular formula is C15H18N4O2. The average molecular weight is 286 g/mol. The van der Waals surface area contributed by atoms with Crippen LogP contribution in [0.2, 0.25) is 0 Å². The summed E-state index contributed by atoms with van der Waals surface area (Å²) >= 11 is 0. The lowest BCUT2D eigenvalue weighted by Gasteiger charge is -2.29. The van der Waals surface area contributed by atoms with Crippen LogP contribution in [0, 0.1) is 0 Å². The third-order valence-electron chi connectivity index (χ3n) is 3.36. The lowest BCUT2D eigenvalue weighted by Crippen LogP contribution is -2.51. The van der Waals surface area contributed by atoms with Gasteiger partial charge in [0.25, 0.3) is 0 Å². The number of rotatable bonds is 5. The van der Waals surface area contributed by atoms with Crippen LogP contribution in [0.25, 0.3) is 0 Å². The summed E-state index contributed by atoms with van der Waals surface area (Å²) in [6.45, 7) is 0.